The molecular weight excluding hydrogens is 322 g/mol. The Kier molecular flexibility index (Phi) is 6.99. The molecule has 1 aliphatic heterocycles. The number of thioether (sulfide) groups is 1. The molecule has 1 heterocycles. The van der Waals surface area contributed by atoms with Crippen LogP contribution in [0.3, 0.4) is 0 Å². The van der Waals surface area contributed by atoms with Crippen LogP contribution in [0.4, 0.5) is 0 Å². The van der Waals surface area contributed by atoms with Gasteiger partial charge in [0.1, 0.15) is 0 Å². The highest BCUT2D eigenvalue weighted by Gasteiger charge is 2.15. The fourth-order valence-corrected chi connectivity index (χ4v) is 4.02. The zero-order valence-electron chi connectivity index (χ0n) is 14.2. The molecule has 1 amide bonds. The van der Waals surface area contributed by atoms with Crippen molar-refractivity contribution in [2.24, 2.45) is 0 Å². The first-order valence-corrected chi connectivity index (χ1v) is 10.0. The molecule has 1 fully saturated rings. The fraction of sp³-hybridized carbons (Fsp3) is 0.632. The predicted molar refractivity (Wildman–Crippen MR) is 96.6 cm³/mol. The highest BCUT2D eigenvalue weighted by atomic mass is 32.2. The molecule has 1 aromatic carbocycles. The Balaban J connectivity index is 1.23. The number of fused-ring (bicyclic) bond motifs is 1. The van der Waals surface area contributed by atoms with Crippen molar-refractivity contribution in [3.63, 3.8) is 0 Å². The Morgan fingerprint density at radius 3 is 3.08 bits per heavy atom. The molecule has 0 aromatic heterocycles. The van der Waals surface area contributed by atoms with E-state index < -0.39 is 0 Å². The number of aryl methyl sites for hydroxylation is 2. The molecule has 0 spiro atoms. The Morgan fingerprint density at radius 2 is 2.21 bits per heavy atom. The van der Waals surface area contributed by atoms with Crippen LogP contribution < -0.4 is 5.32 Å². The van der Waals surface area contributed by atoms with Crippen LogP contribution in [-0.4, -0.2) is 44.1 Å². The van der Waals surface area contributed by atoms with Crippen molar-refractivity contribution in [3.8, 4) is 0 Å². The van der Waals surface area contributed by atoms with Crippen molar-refractivity contribution < 1.29 is 14.3 Å². The van der Waals surface area contributed by atoms with Gasteiger partial charge in [0.25, 0.3) is 0 Å². The number of hydrogen-bond acceptors (Lipinski definition) is 4. The maximum atomic E-state index is 11.9. The number of nitrogens with one attached hydrogen (secondary N) is 1. The van der Waals surface area contributed by atoms with Gasteiger partial charge in [0.2, 0.25) is 5.91 Å². The second kappa shape index (κ2) is 9.44. The van der Waals surface area contributed by atoms with E-state index in [0.717, 1.165) is 25.9 Å². The lowest BCUT2D eigenvalue weighted by molar-refractivity contribution is -0.118. The van der Waals surface area contributed by atoms with E-state index in [1.807, 2.05) is 0 Å². The largest absolute Gasteiger partial charge is 0.379 e. The maximum Gasteiger partial charge on any atom is 0.230 e. The van der Waals surface area contributed by atoms with Crippen molar-refractivity contribution in [1.29, 1.82) is 0 Å². The van der Waals surface area contributed by atoms with Crippen molar-refractivity contribution >= 4 is 17.7 Å². The Hall–Kier alpha value is -1.04. The van der Waals surface area contributed by atoms with Gasteiger partial charge in [-0.3, -0.25) is 4.79 Å². The molecule has 1 aromatic rings. The Labute approximate surface area is 148 Å². The van der Waals surface area contributed by atoms with Crippen LogP contribution >= 0.6 is 11.8 Å². The third-order valence-corrected chi connectivity index (χ3v) is 5.55. The number of amides is 1. The smallest absolute Gasteiger partial charge is 0.230 e. The zero-order valence-corrected chi connectivity index (χ0v) is 15.0. The van der Waals surface area contributed by atoms with Crippen LogP contribution in [0.1, 0.15) is 36.8 Å². The number of carbonyl (C=O) groups excluding carboxylic acids is 1. The molecule has 1 aliphatic carbocycles. The standard InChI is InChI=1S/C19H27NO3S/c21-19(20-9-3-10-22-13-17-6-2-11-23-17)14-24-18-8-7-15-4-1-5-16(15)12-18/h7-8,12,17H,1-6,9-11,13-14H2,(H,20,21). The molecule has 1 unspecified atom stereocenters. The van der Waals surface area contributed by atoms with Gasteiger partial charge in [0.05, 0.1) is 18.5 Å². The van der Waals surface area contributed by atoms with Gasteiger partial charge in [-0.1, -0.05) is 6.07 Å². The second-order valence-electron chi connectivity index (χ2n) is 6.49. The first-order valence-electron chi connectivity index (χ1n) is 9.02. The van der Waals surface area contributed by atoms with Crippen LogP contribution in [0.15, 0.2) is 23.1 Å². The highest BCUT2D eigenvalue weighted by molar-refractivity contribution is 8.00. The van der Waals surface area contributed by atoms with E-state index in [4.69, 9.17) is 9.47 Å². The summed E-state index contributed by atoms with van der Waals surface area (Å²) in [5, 5.41) is 2.96. The summed E-state index contributed by atoms with van der Waals surface area (Å²) in [4.78, 5) is 13.1. The summed E-state index contributed by atoms with van der Waals surface area (Å²) in [6.45, 7) is 2.90. The summed E-state index contributed by atoms with van der Waals surface area (Å²) in [5.74, 6) is 0.579. The average Bonchev–Trinajstić information content (AvgIpc) is 3.26. The minimum absolute atomic E-state index is 0.0969. The van der Waals surface area contributed by atoms with Gasteiger partial charge in [0.15, 0.2) is 0 Å². The van der Waals surface area contributed by atoms with Gasteiger partial charge in [-0.05, 0) is 61.8 Å². The van der Waals surface area contributed by atoms with Crippen molar-refractivity contribution in [1.82, 2.24) is 5.32 Å². The molecule has 132 valence electrons. The Bertz CT molecular complexity index is 543. The van der Waals surface area contributed by atoms with Crippen LogP contribution in [0.2, 0.25) is 0 Å². The van der Waals surface area contributed by atoms with Gasteiger partial charge in [-0.25, -0.2) is 0 Å². The van der Waals surface area contributed by atoms with E-state index in [1.54, 1.807) is 11.8 Å². The lowest BCUT2D eigenvalue weighted by atomic mass is 10.1. The van der Waals surface area contributed by atoms with Crippen LogP contribution in [0, 0.1) is 0 Å². The number of hydrogen-bond donors (Lipinski definition) is 1. The maximum absolute atomic E-state index is 11.9. The summed E-state index contributed by atoms with van der Waals surface area (Å²) in [6.07, 6.45) is 7.03. The molecule has 4 nitrogen and oxygen atoms in total. The van der Waals surface area contributed by atoms with E-state index in [0.29, 0.717) is 25.5 Å². The minimum Gasteiger partial charge on any atom is -0.379 e. The van der Waals surface area contributed by atoms with Crippen LogP contribution in [0.25, 0.3) is 0 Å². The number of carbonyl (C=O) groups is 1. The Morgan fingerprint density at radius 1 is 1.29 bits per heavy atom. The summed E-state index contributed by atoms with van der Waals surface area (Å²) < 4.78 is 11.1. The van der Waals surface area contributed by atoms with E-state index in [1.165, 1.54) is 35.3 Å². The van der Waals surface area contributed by atoms with E-state index in [2.05, 4.69) is 23.5 Å². The van der Waals surface area contributed by atoms with Gasteiger partial charge in [0, 0.05) is 24.7 Å². The molecule has 5 heteroatoms. The molecule has 3 rings (SSSR count). The van der Waals surface area contributed by atoms with E-state index in [9.17, 15) is 4.79 Å². The summed E-state index contributed by atoms with van der Waals surface area (Å²) >= 11 is 1.62. The fourth-order valence-electron chi connectivity index (χ4n) is 3.23. The molecule has 2 aliphatic rings. The molecule has 1 atom stereocenters. The van der Waals surface area contributed by atoms with Gasteiger partial charge < -0.3 is 14.8 Å². The summed E-state index contributed by atoms with van der Waals surface area (Å²) in [5.41, 5.74) is 2.94. The number of benzene rings is 1. The lowest BCUT2D eigenvalue weighted by Gasteiger charge is -2.10. The zero-order chi connectivity index (χ0) is 16.6. The summed E-state index contributed by atoms with van der Waals surface area (Å²) in [6, 6.07) is 6.61. The van der Waals surface area contributed by atoms with Crippen molar-refractivity contribution in [2.45, 2.75) is 49.5 Å². The molecule has 0 saturated carbocycles. The SMILES string of the molecule is O=C(CSc1ccc2c(c1)CCC2)NCCCOCC1CCCO1. The molecule has 1 saturated heterocycles. The van der Waals surface area contributed by atoms with Crippen LogP contribution in [0.5, 0.6) is 0 Å². The monoisotopic (exact) mass is 349 g/mol. The van der Waals surface area contributed by atoms with Crippen molar-refractivity contribution in [3.05, 3.63) is 29.3 Å². The lowest BCUT2D eigenvalue weighted by Crippen LogP contribution is -2.27. The first-order chi connectivity index (χ1) is 11.8. The molecule has 0 bridgehead atoms. The van der Waals surface area contributed by atoms with Gasteiger partial charge >= 0.3 is 0 Å². The molecule has 0 radical (unpaired) electrons. The quantitative estimate of drug-likeness (QED) is 0.550. The van der Waals surface area contributed by atoms with E-state index >= 15 is 0 Å². The van der Waals surface area contributed by atoms with Gasteiger partial charge in [-0.15, -0.1) is 11.8 Å². The minimum atomic E-state index is 0.0969. The normalized spacial score (nSPS) is 19.4. The van der Waals surface area contributed by atoms with Gasteiger partial charge in [-0.2, -0.15) is 0 Å². The predicted octanol–water partition coefficient (Wildman–Crippen LogP) is 2.97. The number of ether oxygens (including phenoxy) is 2. The third-order valence-electron chi connectivity index (χ3n) is 4.56. The average molecular weight is 349 g/mol. The number of rotatable bonds is 9. The van der Waals surface area contributed by atoms with Crippen LogP contribution in [-0.2, 0) is 27.1 Å². The van der Waals surface area contributed by atoms with Crippen molar-refractivity contribution in [2.75, 3.05) is 32.1 Å². The molecule has 24 heavy (non-hydrogen) atoms. The molecular formula is C19H27NO3S. The highest BCUT2D eigenvalue weighted by Crippen LogP contribution is 2.27. The van der Waals surface area contributed by atoms with E-state index in [-0.39, 0.29) is 12.0 Å². The second-order valence-corrected chi connectivity index (χ2v) is 7.53. The third kappa shape index (κ3) is 5.50. The summed E-state index contributed by atoms with van der Waals surface area (Å²) in [7, 11) is 0. The topological polar surface area (TPSA) is 47.6 Å². The molecule has 1 N–H and O–H groups in total. The first kappa shape index (κ1) is 17.8.